The number of benzene rings is 2. The summed E-state index contributed by atoms with van der Waals surface area (Å²) in [4.78, 5) is 9.08. The summed E-state index contributed by atoms with van der Waals surface area (Å²) >= 11 is 0. The molecule has 2 aromatic carbocycles. The number of hydrogen-bond donors (Lipinski definition) is 3. The number of methoxy groups -OCH3 is 1. The van der Waals surface area contributed by atoms with E-state index in [1.165, 1.54) is 5.56 Å². The van der Waals surface area contributed by atoms with Crippen LogP contribution in [0.15, 0.2) is 53.5 Å². The molecule has 158 valence electrons. The van der Waals surface area contributed by atoms with Crippen LogP contribution in [0, 0.1) is 6.92 Å². The van der Waals surface area contributed by atoms with Crippen LogP contribution >= 0.6 is 0 Å². The Morgan fingerprint density at radius 1 is 1.03 bits per heavy atom. The van der Waals surface area contributed by atoms with Gasteiger partial charge in [0.05, 0.1) is 13.7 Å². The van der Waals surface area contributed by atoms with Crippen LogP contribution in [0.25, 0.3) is 11.4 Å². The largest absolute Gasteiger partial charge is 0.497 e. The Morgan fingerprint density at radius 3 is 2.47 bits per heavy atom. The minimum atomic E-state index is 0.386. The fourth-order valence-electron chi connectivity index (χ4n) is 2.70. The van der Waals surface area contributed by atoms with Gasteiger partial charge in [-0.05, 0) is 50.2 Å². The molecule has 3 rings (SSSR count). The number of H-pyrrole nitrogens is 1. The maximum absolute atomic E-state index is 5.74. The summed E-state index contributed by atoms with van der Waals surface area (Å²) in [5.41, 5.74) is 2.13. The molecule has 0 bridgehead atoms. The molecule has 0 fully saturated rings. The first-order valence-electron chi connectivity index (χ1n) is 9.95. The Labute approximate surface area is 176 Å². The lowest BCUT2D eigenvalue weighted by Crippen LogP contribution is -2.39. The van der Waals surface area contributed by atoms with Crippen molar-refractivity contribution in [2.75, 3.05) is 26.8 Å². The molecule has 0 aliphatic heterocycles. The second-order valence-electron chi connectivity index (χ2n) is 6.62. The number of aliphatic imine (C=N–C) groups is 1. The summed E-state index contributed by atoms with van der Waals surface area (Å²) in [6.45, 7) is 6.40. The summed E-state index contributed by atoms with van der Waals surface area (Å²) in [6, 6.07) is 15.6. The fourth-order valence-corrected chi connectivity index (χ4v) is 2.70. The molecule has 8 nitrogen and oxygen atoms in total. The highest BCUT2D eigenvalue weighted by Crippen LogP contribution is 2.19. The van der Waals surface area contributed by atoms with Crippen LogP contribution in [0.2, 0.25) is 0 Å². The molecule has 0 aliphatic carbocycles. The van der Waals surface area contributed by atoms with Crippen LogP contribution in [-0.4, -0.2) is 47.9 Å². The normalized spacial score (nSPS) is 11.2. The van der Waals surface area contributed by atoms with Gasteiger partial charge in [-0.15, -0.1) is 0 Å². The number of nitrogens with one attached hydrogen (secondary N) is 3. The van der Waals surface area contributed by atoms with Crippen LogP contribution in [-0.2, 0) is 6.54 Å². The van der Waals surface area contributed by atoms with Crippen molar-refractivity contribution in [1.82, 2.24) is 25.8 Å². The van der Waals surface area contributed by atoms with E-state index in [9.17, 15) is 0 Å². The highest BCUT2D eigenvalue weighted by atomic mass is 16.5. The molecule has 0 radical (unpaired) electrons. The van der Waals surface area contributed by atoms with E-state index in [1.807, 2.05) is 55.5 Å². The smallest absolute Gasteiger partial charge is 0.191 e. The van der Waals surface area contributed by atoms with Crippen LogP contribution in [0.5, 0.6) is 11.5 Å². The van der Waals surface area contributed by atoms with Gasteiger partial charge in [-0.25, -0.2) is 9.98 Å². The van der Waals surface area contributed by atoms with E-state index in [1.54, 1.807) is 7.11 Å². The molecule has 3 aromatic rings. The molecule has 8 heteroatoms. The predicted molar refractivity (Wildman–Crippen MR) is 118 cm³/mol. The first-order chi connectivity index (χ1) is 14.7. The number of nitrogens with zero attached hydrogens (tertiary/aromatic N) is 3. The maximum atomic E-state index is 5.74. The highest BCUT2D eigenvalue weighted by Gasteiger charge is 2.06. The molecule has 30 heavy (non-hydrogen) atoms. The molecule has 0 saturated heterocycles. The quantitative estimate of drug-likeness (QED) is 0.286. The summed E-state index contributed by atoms with van der Waals surface area (Å²) in [5.74, 6) is 3.68. The van der Waals surface area contributed by atoms with Crippen LogP contribution in [0.1, 0.15) is 18.3 Å². The van der Waals surface area contributed by atoms with Crippen LogP contribution in [0.4, 0.5) is 0 Å². The zero-order chi connectivity index (χ0) is 21.2. The molecular weight excluding hydrogens is 380 g/mol. The van der Waals surface area contributed by atoms with E-state index in [2.05, 4.69) is 37.7 Å². The molecule has 1 aromatic heterocycles. The van der Waals surface area contributed by atoms with Gasteiger partial charge >= 0.3 is 0 Å². The average molecular weight is 409 g/mol. The lowest BCUT2D eigenvalue weighted by Gasteiger charge is -2.12. The number of aromatic nitrogens is 3. The van der Waals surface area contributed by atoms with Crippen molar-refractivity contribution < 1.29 is 9.47 Å². The molecule has 0 aliphatic rings. The van der Waals surface area contributed by atoms with Gasteiger partial charge in [-0.3, -0.25) is 5.10 Å². The van der Waals surface area contributed by atoms with Crippen LogP contribution < -0.4 is 20.1 Å². The van der Waals surface area contributed by atoms with Crippen molar-refractivity contribution in [3.05, 3.63) is 59.9 Å². The maximum Gasteiger partial charge on any atom is 0.191 e. The Kier molecular flexibility index (Phi) is 7.65. The number of guanidine groups is 1. The number of ether oxygens (including phenoxy) is 2. The minimum absolute atomic E-state index is 0.386. The van der Waals surface area contributed by atoms with Crippen molar-refractivity contribution in [3.63, 3.8) is 0 Å². The first-order valence-corrected chi connectivity index (χ1v) is 9.95. The van der Waals surface area contributed by atoms with Crippen LogP contribution in [0.3, 0.4) is 0 Å². The first kappa shape index (κ1) is 21.2. The molecule has 0 unspecified atom stereocenters. The topological polar surface area (TPSA) is 96.5 Å². The number of aryl methyl sites for hydroxylation is 1. The van der Waals surface area contributed by atoms with Gasteiger partial charge in [0, 0.05) is 12.1 Å². The second kappa shape index (κ2) is 10.8. The molecule has 0 amide bonds. The summed E-state index contributed by atoms with van der Waals surface area (Å²) in [7, 11) is 1.64. The molecule has 1 heterocycles. The van der Waals surface area contributed by atoms with E-state index in [4.69, 9.17) is 9.47 Å². The minimum Gasteiger partial charge on any atom is -0.497 e. The summed E-state index contributed by atoms with van der Waals surface area (Å²) < 4.78 is 10.9. The highest BCUT2D eigenvalue weighted by molar-refractivity contribution is 5.79. The summed E-state index contributed by atoms with van der Waals surface area (Å²) in [6.07, 6.45) is 0. The number of aromatic amines is 1. The zero-order valence-electron chi connectivity index (χ0n) is 17.6. The average Bonchev–Trinajstić information content (AvgIpc) is 3.25. The predicted octanol–water partition coefficient (Wildman–Crippen LogP) is 2.92. The number of hydrogen-bond acceptors (Lipinski definition) is 5. The van der Waals surface area contributed by atoms with Crippen molar-refractivity contribution in [3.8, 4) is 22.9 Å². The Balaban J connectivity index is 1.51. The van der Waals surface area contributed by atoms with Gasteiger partial charge in [-0.1, -0.05) is 17.7 Å². The molecule has 0 saturated carbocycles. The SMILES string of the molecule is CCNC(=NCc1nc(-c2ccc(OC)cc2)n[nH]1)NCCOc1ccc(C)cc1. The van der Waals surface area contributed by atoms with Gasteiger partial charge < -0.3 is 20.1 Å². The van der Waals surface area contributed by atoms with Crippen molar-refractivity contribution in [2.45, 2.75) is 20.4 Å². The van der Waals surface area contributed by atoms with E-state index >= 15 is 0 Å². The third-order valence-electron chi connectivity index (χ3n) is 4.30. The van der Waals surface area contributed by atoms with Gasteiger partial charge in [-0.2, -0.15) is 5.10 Å². The van der Waals surface area contributed by atoms with Crippen molar-refractivity contribution in [1.29, 1.82) is 0 Å². The second-order valence-corrected chi connectivity index (χ2v) is 6.62. The van der Waals surface area contributed by atoms with Gasteiger partial charge in [0.15, 0.2) is 11.8 Å². The van der Waals surface area contributed by atoms with E-state index in [-0.39, 0.29) is 0 Å². The van der Waals surface area contributed by atoms with E-state index in [0.717, 1.165) is 23.6 Å². The third kappa shape index (κ3) is 6.23. The Morgan fingerprint density at radius 2 is 1.77 bits per heavy atom. The van der Waals surface area contributed by atoms with Gasteiger partial charge in [0.2, 0.25) is 0 Å². The summed E-state index contributed by atoms with van der Waals surface area (Å²) in [5, 5.41) is 13.7. The number of rotatable bonds is 9. The van der Waals surface area contributed by atoms with Gasteiger partial charge in [0.1, 0.15) is 30.5 Å². The molecule has 0 atom stereocenters. The van der Waals surface area contributed by atoms with Crippen molar-refractivity contribution in [2.24, 2.45) is 4.99 Å². The van der Waals surface area contributed by atoms with Gasteiger partial charge in [0.25, 0.3) is 0 Å². The van der Waals surface area contributed by atoms with Crippen molar-refractivity contribution >= 4 is 5.96 Å². The lowest BCUT2D eigenvalue weighted by atomic mass is 10.2. The monoisotopic (exact) mass is 408 g/mol. The zero-order valence-corrected chi connectivity index (χ0v) is 17.6. The fraction of sp³-hybridized carbons (Fsp3) is 0.318. The Bertz CT molecular complexity index is 935. The van der Waals surface area contributed by atoms with E-state index in [0.29, 0.717) is 37.3 Å². The molecule has 0 spiro atoms. The molecular formula is C22H28N6O2. The third-order valence-corrected chi connectivity index (χ3v) is 4.30. The molecule has 3 N–H and O–H groups in total. The standard InChI is InChI=1S/C22H28N6O2/c1-4-23-22(24-13-14-30-19-9-5-16(2)6-10-19)25-15-20-26-21(28-27-20)17-7-11-18(29-3)12-8-17/h5-12H,4,13-15H2,1-3H3,(H2,23,24,25)(H,26,27,28). The Hall–Kier alpha value is -3.55. The lowest BCUT2D eigenvalue weighted by molar-refractivity contribution is 0.322. The van der Waals surface area contributed by atoms with E-state index < -0.39 is 0 Å².